The third kappa shape index (κ3) is 3.25. The number of carbonyl (C=O) groups is 2. The highest BCUT2D eigenvalue weighted by Gasteiger charge is 2.31. The number of imide groups is 1. The van der Waals surface area contributed by atoms with Gasteiger partial charge in [-0.3, -0.25) is 14.6 Å². The fourth-order valence-corrected chi connectivity index (χ4v) is 2.77. The lowest BCUT2D eigenvalue weighted by molar-refractivity contribution is -0.129. The molecule has 6 nitrogen and oxygen atoms in total. The molecule has 6 heteroatoms. The van der Waals surface area contributed by atoms with Crippen LogP contribution >= 0.6 is 0 Å². The maximum atomic E-state index is 12.2. The Labute approximate surface area is 114 Å². The topological polar surface area (TPSA) is 64.7 Å². The van der Waals surface area contributed by atoms with E-state index in [1.807, 2.05) is 0 Å². The first-order valence-corrected chi connectivity index (χ1v) is 7.21. The summed E-state index contributed by atoms with van der Waals surface area (Å²) in [5.74, 6) is -0.0785. The summed E-state index contributed by atoms with van der Waals surface area (Å²) in [6.07, 6.45) is 2.08. The Bertz CT molecular complexity index is 348. The number of urea groups is 1. The maximum Gasteiger partial charge on any atom is 0.324 e. The molecule has 3 amide bonds. The highest BCUT2D eigenvalue weighted by molar-refractivity contribution is 5.96. The van der Waals surface area contributed by atoms with Gasteiger partial charge in [0.2, 0.25) is 5.91 Å². The van der Waals surface area contributed by atoms with Crippen LogP contribution in [0.15, 0.2) is 0 Å². The predicted molar refractivity (Wildman–Crippen MR) is 72.8 cm³/mol. The third-order valence-corrected chi connectivity index (χ3v) is 4.07. The summed E-state index contributed by atoms with van der Waals surface area (Å²) in [5, 5.41) is 6.17. The van der Waals surface area contributed by atoms with Crippen molar-refractivity contribution >= 4 is 11.9 Å². The van der Waals surface area contributed by atoms with E-state index in [0.29, 0.717) is 31.7 Å². The van der Waals surface area contributed by atoms with Crippen molar-refractivity contribution in [2.45, 2.75) is 38.8 Å². The number of nitrogens with zero attached hydrogens (tertiary/aromatic N) is 2. The zero-order valence-electron chi connectivity index (χ0n) is 11.8. The van der Waals surface area contributed by atoms with Gasteiger partial charge in [-0.05, 0) is 12.8 Å². The highest BCUT2D eigenvalue weighted by Crippen LogP contribution is 2.12. The van der Waals surface area contributed by atoms with E-state index in [1.54, 1.807) is 0 Å². The SMILES string of the molecule is CCC1CN(CC(=O)N2CCNC2=O)C(CC)CN1. The number of piperazine rings is 1. The van der Waals surface area contributed by atoms with Gasteiger partial charge >= 0.3 is 6.03 Å². The number of amides is 3. The van der Waals surface area contributed by atoms with E-state index in [9.17, 15) is 9.59 Å². The largest absolute Gasteiger partial charge is 0.336 e. The molecule has 2 fully saturated rings. The third-order valence-electron chi connectivity index (χ3n) is 4.07. The number of hydrogen-bond acceptors (Lipinski definition) is 4. The zero-order valence-corrected chi connectivity index (χ0v) is 11.8. The Kier molecular flexibility index (Phi) is 4.76. The maximum absolute atomic E-state index is 12.2. The van der Waals surface area contributed by atoms with E-state index in [0.717, 1.165) is 25.9 Å². The van der Waals surface area contributed by atoms with Crippen LogP contribution in [-0.2, 0) is 4.79 Å². The van der Waals surface area contributed by atoms with Crippen LogP contribution in [0.3, 0.4) is 0 Å². The summed E-state index contributed by atoms with van der Waals surface area (Å²) in [7, 11) is 0. The van der Waals surface area contributed by atoms with Gasteiger partial charge in [0.25, 0.3) is 0 Å². The minimum Gasteiger partial charge on any atom is -0.336 e. The molecule has 0 aromatic heterocycles. The normalized spacial score (nSPS) is 28.5. The lowest BCUT2D eigenvalue weighted by atomic mass is 10.1. The van der Waals surface area contributed by atoms with Gasteiger partial charge in [-0.25, -0.2) is 4.79 Å². The molecular weight excluding hydrogens is 244 g/mol. The first-order chi connectivity index (χ1) is 9.15. The summed E-state index contributed by atoms with van der Waals surface area (Å²) in [6.45, 7) is 7.52. The number of rotatable bonds is 4. The predicted octanol–water partition coefficient (Wildman–Crippen LogP) is 0.000600. The quantitative estimate of drug-likeness (QED) is 0.753. The van der Waals surface area contributed by atoms with Gasteiger partial charge in [0, 0.05) is 38.3 Å². The van der Waals surface area contributed by atoms with Crippen LogP contribution in [0.5, 0.6) is 0 Å². The Morgan fingerprint density at radius 2 is 2.16 bits per heavy atom. The van der Waals surface area contributed by atoms with Gasteiger partial charge in [0.15, 0.2) is 0 Å². The van der Waals surface area contributed by atoms with Crippen molar-refractivity contribution in [2.75, 3.05) is 32.7 Å². The van der Waals surface area contributed by atoms with Gasteiger partial charge in [-0.2, -0.15) is 0 Å². The van der Waals surface area contributed by atoms with E-state index >= 15 is 0 Å². The van der Waals surface area contributed by atoms with Crippen molar-refractivity contribution in [2.24, 2.45) is 0 Å². The molecule has 0 bridgehead atoms. The molecule has 2 unspecified atom stereocenters. The Balaban J connectivity index is 1.94. The molecule has 2 atom stereocenters. The fraction of sp³-hybridized carbons (Fsp3) is 0.846. The highest BCUT2D eigenvalue weighted by atomic mass is 16.2. The standard InChI is InChI=1S/C13H24N4O2/c1-3-10-8-16(11(4-2)7-15-10)9-12(18)17-6-5-14-13(17)19/h10-11,15H,3-9H2,1-2H3,(H,14,19). The van der Waals surface area contributed by atoms with Crippen LogP contribution in [0.1, 0.15) is 26.7 Å². The van der Waals surface area contributed by atoms with Crippen LogP contribution in [0.25, 0.3) is 0 Å². The molecule has 108 valence electrons. The second kappa shape index (κ2) is 6.34. The van der Waals surface area contributed by atoms with Crippen molar-refractivity contribution in [3.05, 3.63) is 0 Å². The van der Waals surface area contributed by atoms with Crippen molar-refractivity contribution in [1.82, 2.24) is 20.4 Å². The molecule has 0 saturated carbocycles. The van der Waals surface area contributed by atoms with Crippen molar-refractivity contribution in [1.29, 1.82) is 0 Å². The Hall–Kier alpha value is -1.14. The summed E-state index contributed by atoms with van der Waals surface area (Å²) >= 11 is 0. The number of hydrogen-bond donors (Lipinski definition) is 2. The molecule has 2 saturated heterocycles. The van der Waals surface area contributed by atoms with Gasteiger partial charge in [-0.1, -0.05) is 13.8 Å². The van der Waals surface area contributed by atoms with Crippen LogP contribution in [0.4, 0.5) is 4.79 Å². The Morgan fingerprint density at radius 3 is 2.74 bits per heavy atom. The lowest BCUT2D eigenvalue weighted by Crippen LogP contribution is -2.58. The molecule has 2 aliphatic heterocycles. The number of carbonyl (C=O) groups excluding carboxylic acids is 2. The molecule has 2 rings (SSSR count). The van der Waals surface area contributed by atoms with Crippen LogP contribution in [0.2, 0.25) is 0 Å². The fourth-order valence-electron chi connectivity index (χ4n) is 2.77. The molecule has 2 N–H and O–H groups in total. The van der Waals surface area contributed by atoms with Crippen LogP contribution < -0.4 is 10.6 Å². The van der Waals surface area contributed by atoms with Gasteiger partial charge in [-0.15, -0.1) is 0 Å². The molecular formula is C13H24N4O2. The van der Waals surface area contributed by atoms with E-state index in [1.165, 1.54) is 4.90 Å². The molecule has 2 heterocycles. The number of nitrogens with one attached hydrogen (secondary N) is 2. The van der Waals surface area contributed by atoms with Gasteiger partial charge < -0.3 is 10.6 Å². The first kappa shape index (κ1) is 14.3. The Morgan fingerprint density at radius 1 is 1.37 bits per heavy atom. The summed E-state index contributed by atoms with van der Waals surface area (Å²) in [6, 6.07) is 0.584. The smallest absolute Gasteiger partial charge is 0.324 e. The molecule has 0 aromatic rings. The summed E-state index contributed by atoms with van der Waals surface area (Å²) < 4.78 is 0. The monoisotopic (exact) mass is 268 g/mol. The molecule has 19 heavy (non-hydrogen) atoms. The second-order valence-electron chi connectivity index (χ2n) is 5.28. The minimum absolute atomic E-state index is 0.0785. The van der Waals surface area contributed by atoms with E-state index in [-0.39, 0.29) is 11.9 Å². The molecule has 0 spiro atoms. The minimum atomic E-state index is -0.250. The van der Waals surface area contributed by atoms with E-state index in [4.69, 9.17) is 0 Å². The summed E-state index contributed by atoms with van der Waals surface area (Å²) in [4.78, 5) is 27.2. The van der Waals surface area contributed by atoms with E-state index < -0.39 is 0 Å². The average molecular weight is 268 g/mol. The van der Waals surface area contributed by atoms with Gasteiger partial charge in [0.1, 0.15) is 0 Å². The zero-order chi connectivity index (χ0) is 13.8. The molecule has 0 aliphatic carbocycles. The van der Waals surface area contributed by atoms with Crippen LogP contribution in [-0.4, -0.2) is 66.5 Å². The second-order valence-corrected chi connectivity index (χ2v) is 5.28. The summed E-state index contributed by atoms with van der Waals surface area (Å²) in [5.41, 5.74) is 0. The van der Waals surface area contributed by atoms with Crippen molar-refractivity contribution in [3.63, 3.8) is 0 Å². The average Bonchev–Trinajstić information content (AvgIpc) is 2.85. The van der Waals surface area contributed by atoms with Crippen molar-refractivity contribution < 1.29 is 9.59 Å². The van der Waals surface area contributed by atoms with E-state index in [2.05, 4.69) is 29.4 Å². The van der Waals surface area contributed by atoms with Crippen molar-refractivity contribution in [3.8, 4) is 0 Å². The van der Waals surface area contributed by atoms with Gasteiger partial charge in [0.05, 0.1) is 6.54 Å². The molecule has 0 aromatic carbocycles. The lowest BCUT2D eigenvalue weighted by Gasteiger charge is -2.39. The molecule has 0 radical (unpaired) electrons. The molecule has 2 aliphatic rings. The first-order valence-electron chi connectivity index (χ1n) is 7.21. The van der Waals surface area contributed by atoms with Crippen LogP contribution in [0, 0.1) is 0 Å².